The van der Waals surface area contributed by atoms with Crippen LogP contribution in [0.4, 0.5) is 0 Å². The highest BCUT2D eigenvalue weighted by Crippen LogP contribution is 2.32. The molecule has 2 amide bonds. The van der Waals surface area contributed by atoms with Crippen molar-refractivity contribution in [1.29, 1.82) is 0 Å². The minimum atomic E-state index is -0.369. The summed E-state index contributed by atoms with van der Waals surface area (Å²) in [7, 11) is 0. The number of rotatable bonds is 8. The number of carbonyl (C=O) groups is 2. The lowest BCUT2D eigenvalue weighted by atomic mass is 10.2. The van der Waals surface area contributed by atoms with Crippen LogP contribution in [-0.2, 0) is 19.6 Å². The molecular formula is C25H21N3O5S. The average Bonchev–Trinajstić information content (AvgIpc) is 3.64. The number of carbonyl (C=O) groups excluding carboxylic acids is 2. The molecule has 172 valence electrons. The van der Waals surface area contributed by atoms with Gasteiger partial charge in [0.1, 0.15) is 0 Å². The number of ether oxygens (including phenoxy) is 2. The number of amides is 2. The summed E-state index contributed by atoms with van der Waals surface area (Å²) >= 11 is 1.58. The first-order valence-corrected chi connectivity index (χ1v) is 11.5. The molecule has 8 nitrogen and oxygen atoms in total. The molecule has 34 heavy (non-hydrogen) atoms. The Morgan fingerprint density at radius 3 is 2.65 bits per heavy atom. The van der Waals surface area contributed by atoms with Gasteiger partial charge in [-0.25, -0.2) is 0 Å². The van der Waals surface area contributed by atoms with Crippen LogP contribution in [0.15, 0.2) is 76.6 Å². The molecule has 1 aliphatic rings. The van der Waals surface area contributed by atoms with Crippen molar-refractivity contribution in [3.8, 4) is 11.5 Å². The molecular weight excluding hydrogens is 454 g/mol. The first-order chi connectivity index (χ1) is 16.7. The van der Waals surface area contributed by atoms with Gasteiger partial charge in [-0.1, -0.05) is 35.5 Å². The summed E-state index contributed by atoms with van der Waals surface area (Å²) in [6, 6.07) is 20.1. The van der Waals surface area contributed by atoms with Crippen molar-refractivity contribution in [3.05, 3.63) is 99.6 Å². The number of nitrogens with one attached hydrogen (secondary N) is 1. The van der Waals surface area contributed by atoms with Gasteiger partial charge in [-0.3, -0.25) is 9.59 Å². The topological polar surface area (TPSA) is 93.9 Å². The number of thiophene rings is 1. The Balaban J connectivity index is 1.25. The third-order valence-corrected chi connectivity index (χ3v) is 6.12. The fraction of sp³-hybridized carbons (Fsp3) is 0.160. The van der Waals surface area contributed by atoms with Gasteiger partial charge in [-0.2, -0.15) is 0 Å². The van der Waals surface area contributed by atoms with Gasteiger partial charge in [0, 0.05) is 23.1 Å². The normalized spacial score (nSPS) is 11.9. The molecule has 0 atom stereocenters. The van der Waals surface area contributed by atoms with Gasteiger partial charge in [-0.15, -0.1) is 11.3 Å². The molecule has 0 unspecified atom stereocenters. The first kappa shape index (κ1) is 21.7. The Kier molecular flexibility index (Phi) is 6.26. The first-order valence-electron chi connectivity index (χ1n) is 10.6. The Labute approximate surface area is 199 Å². The fourth-order valence-electron chi connectivity index (χ4n) is 3.56. The molecule has 1 N–H and O–H groups in total. The van der Waals surface area contributed by atoms with E-state index in [0.29, 0.717) is 35.9 Å². The summed E-state index contributed by atoms with van der Waals surface area (Å²) in [6.45, 7) is 1.11. The zero-order valence-electron chi connectivity index (χ0n) is 18.1. The Bertz CT molecular complexity index is 1290. The lowest BCUT2D eigenvalue weighted by Crippen LogP contribution is -2.29. The monoisotopic (exact) mass is 475 g/mol. The lowest BCUT2D eigenvalue weighted by molar-refractivity contribution is 0.0715. The van der Waals surface area contributed by atoms with E-state index in [1.807, 2.05) is 53.9 Å². The van der Waals surface area contributed by atoms with Crippen molar-refractivity contribution in [1.82, 2.24) is 15.4 Å². The Hall–Kier alpha value is -4.11. The van der Waals surface area contributed by atoms with E-state index in [1.165, 1.54) is 0 Å². The quantitative estimate of drug-likeness (QED) is 0.410. The average molecular weight is 476 g/mol. The van der Waals surface area contributed by atoms with Gasteiger partial charge in [0.05, 0.1) is 13.1 Å². The SMILES string of the molecule is O=C(NCc1ccc2c(c1)OCO2)c1cc(CN(Cc2cccs2)C(=O)c2ccccc2)on1. The van der Waals surface area contributed by atoms with Gasteiger partial charge in [0.2, 0.25) is 6.79 Å². The van der Waals surface area contributed by atoms with Gasteiger partial charge < -0.3 is 24.2 Å². The molecule has 1 aliphatic heterocycles. The standard InChI is InChI=1S/C25H21N3O5S/c29-24(26-13-17-8-9-22-23(11-17)32-16-31-22)21-12-19(33-27-21)14-28(15-20-7-4-10-34-20)25(30)18-5-2-1-3-6-18/h1-12H,13-16H2,(H,26,29). The number of fused-ring (bicyclic) bond motifs is 1. The van der Waals surface area contributed by atoms with E-state index in [0.717, 1.165) is 10.4 Å². The predicted molar refractivity (Wildman–Crippen MR) is 125 cm³/mol. The van der Waals surface area contributed by atoms with Crippen LogP contribution < -0.4 is 14.8 Å². The molecule has 0 aliphatic carbocycles. The van der Waals surface area contributed by atoms with Crippen LogP contribution in [0.5, 0.6) is 11.5 Å². The summed E-state index contributed by atoms with van der Waals surface area (Å²) in [4.78, 5) is 28.4. The second-order valence-corrected chi connectivity index (χ2v) is 8.69. The molecule has 0 spiro atoms. The molecule has 0 saturated heterocycles. The third kappa shape index (κ3) is 4.94. The molecule has 0 radical (unpaired) electrons. The zero-order valence-corrected chi connectivity index (χ0v) is 18.9. The number of aromatic nitrogens is 1. The van der Waals surface area contributed by atoms with Crippen LogP contribution in [0.25, 0.3) is 0 Å². The van der Waals surface area contributed by atoms with E-state index in [1.54, 1.807) is 34.4 Å². The maximum Gasteiger partial charge on any atom is 0.273 e. The summed E-state index contributed by atoms with van der Waals surface area (Å²) in [5, 5.41) is 8.69. The molecule has 9 heteroatoms. The third-order valence-electron chi connectivity index (χ3n) is 5.26. The Morgan fingerprint density at radius 2 is 1.82 bits per heavy atom. The van der Waals surface area contributed by atoms with Gasteiger partial charge in [0.15, 0.2) is 23.0 Å². The van der Waals surface area contributed by atoms with Crippen molar-refractivity contribution < 1.29 is 23.6 Å². The highest BCUT2D eigenvalue weighted by molar-refractivity contribution is 7.09. The molecule has 3 heterocycles. The highest BCUT2D eigenvalue weighted by atomic mass is 32.1. The van der Waals surface area contributed by atoms with Crippen molar-refractivity contribution >= 4 is 23.2 Å². The molecule has 0 bridgehead atoms. The van der Waals surface area contributed by atoms with Crippen LogP contribution in [0.1, 0.15) is 37.0 Å². The maximum absolute atomic E-state index is 13.1. The minimum Gasteiger partial charge on any atom is -0.454 e. The molecule has 5 rings (SSSR count). The van der Waals surface area contributed by atoms with Crippen LogP contribution in [0.3, 0.4) is 0 Å². The largest absolute Gasteiger partial charge is 0.454 e. The summed E-state index contributed by atoms with van der Waals surface area (Å²) in [6.07, 6.45) is 0. The van der Waals surface area contributed by atoms with Gasteiger partial charge in [0.25, 0.3) is 11.8 Å². The van der Waals surface area contributed by atoms with E-state index in [9.17, 15) is 9.59 Å². The number of nitrogens with zero attached hydrogens (tertiary/aromatic N) is 2. The van der Waals surface area contributed by atoms with E-state index in [2.05, 4.69) is 10.5 Å². The van der Waals surface area contributed by atoms with Crippen molar-refractivity contribution in [2.24, 2.45) is 0 Å². The van der Waals surface area contributed by atoms with E-state index in [-0.39, 0.29) is 30.8 Å². The van der Waals surface area contributed by atoms with Crippen molar-refractivity contribution in [2.45, 2.75) is 19.6 Å². The highest BCUT2D eigenvalue weighted by Gasteiger charge is 2.21. The number of hydrogen-bond donors (Lipinski definition) is 1. The summed E-state index contributed by atoms with van der Waals surface area (Å²) in [5.74, 6) is 1.28. The lowest BCUT2D eigenvalue weighted by Gasteiger charge is -2.20. The van der Waals surface area contributed by atoms with Crippen molar-refractivity contribution in [2.75, 3.05) is 6.79 Å². The Morgan fingerprint density at radius 1 is 0.971 bits per heavy atom. The van der Waals surface area contributed by atoms with Crippen LogP contribution in [0, 0.1) is 0 Å². The van der Waals surface area contributed by atoms with Crippen LogP contribution in [-0.4, -0.2) is 28.7 Å². The second-order valence-electron chi connectivity index (χ2n) is 7.66. The molecule has 2 aromatic carbocycles. The van der Waals surface area contributed by atoms with E-state index >= 15 is 0 Å². The minimum absolute atomic E-state index is 0.126. The predicted octanol–water partition coefficient (Wildman–Crippen LogP) is 4.24. The van der Waals surface area contributed by atoms with Crippen molar-refractivity contribution in [3.63, 3.8) is 0 Å². The molecule has 2 aromatic heterocycles. The van der Waals surface area contributed by atoms with Gasteiger partial charge in [-0.05, 0) is 41.3 Å². The zero-order chi connectivity index (χ0) is 23.3. The molecule has 0 saturated carbocycles. The van der Waals surface area contributed by atoms with Crippen LogP contribution in [0.2, 0.25) is 0 Å². The molecule has 0 fully saturated rings. The number of hydrogen-bond acceptors (Lipinski definition) is 7. The van der Waals surface area contributed by atoms with Crippen LogP contribution >= 0.6 is 11.3 Å². The number of benzene rings is 2. The molecule has 4 aromatic rings. The fourth-order valence-corrected chi connectivity index (χ4v) is 4.28. The van der Waals surface area contributed by atoms with E-state index in [4.69, 9.17) is 14.0 Å². The second kappa shape index (κ2) is 9.80. The summed E-state index contributed by atoms with van der Waals surface area (Å²) < 4.78 is 16.1. The summed E-state index contributed by atoms with van der Waals surface area (Å²) in [5.41, 5.74) is 1.61. The smallest absolute Gasteiger partial charge is 0.273 e. The maximum atomic E-state index is 13.1. The van der Waals surface area contributed by atoms with Gasteiger partial charge >= 0.3 is 0 Å². The van der Waals surface area contributed by atoms with E-state index < -0.39 is 0 Å².